The number of hydrogen-bond acceptors (Lipinski definition) is 3. The van der Waals surface area contributed by atoms with Crippen LogP contribution in [0.2, 0.25) is 5.02 Å². The predicted molar refractivity (Wildman–Crippen MR) is 85.5 cm³/mol. The molecule has 1 aromatic carbocycles. The van der Waals surface area contributed by atoms with E-state index in [1.54, 1.807) is 0 Å². The lowest BCUT2D eigenvalue weighted by molar-refractivity contribution is 0.555. The molecule has 1 heterocycles. The minimum Gasteiger partial charge on any atom is -0.312 e. The fourth-order valence-electron chi connectivity index (χ4n) is 2.29. The molecule has 1 atom stereocenters. The van der Waals surface area contributed by atoms with Crippen molar-refractivity contribution in [3.63, 3.8) is 0 Å². The zero-order chi connectivity index (χ0) is 14.7. The van der Waals surface area contributed by atoms with Crippen LogP contribution in [0, 0.1) is 0 Å². The van der Waals surface area contributed by atoms with Crippen LogP contribution in [0.25, 0.3) is 5.69 Å². The van der Waals surface area contributed by atoms with Crippen molar-refractivity contribution in [2.75, 3.05) is 7.05 Å². The van der Waals surface area contributed by atoms with Crippen LogP contribution in [0.3, 0.4) is 0 Å². The summed E-state index contributed by atoms with van der Waals surface area (Å²) in [5.41, 5.74) is 2.93. The average Bonchev–Trinajstić information content (AvgIpc) is 2.86. The first kappa shape index (κ1) is 15.5. The van der Waals surface area contributed by atoms with Crippen molar-refractivity contribution in [1.82, 2.24) is 20.3 Å². The molecule has 2 rings (SSSR count). The quantitative estimate of drug-likeness (QED) is 0.882. The van der Waals surface area contributed by atoms with Gasteiger partial charge in [0, 0.05) is 4.47 Å². The molecule has 108 valence electrons. The summed E-state index contributed by atoms with van der Waals surface area (Å²) >= 11 is 9.76. The Morgan fingerprint density at radius 3 is 2.75 bits per heavy atom. The van der Waals surface area contributed by atoms with Crippen molar-refractivity contribution in [3.05, 3.63) is 39.1 Å². The van der Waals surface area contributed by atoms with Crippen molar-refractivity contribution in [1.29, 1.82) is 0 Å². The molecular formula is C14H18BrClN4. The number of nitrogens with zero attached hydrogens (tertiary/aromatic N) is 3. The van der Waals surface area contributed by atoms with Crippen molar-refractivity contribution < 1.29 is 0 Å². The van der Waals surface area contributed by atoms with E-state index in [1.165, 1.54) is 0 Å². The van der Waals surface area contributed by atoms with Gasteiger partial charge in [0.2, 0.25) is 0 Å². The smallest absolute Gasteiger partial charge is 0.103 e. The third-order valence-electron chi connectivity index (χ3n) is 3.35. The second kappa shape index (κ2) is 6.70. The highest BCUT2D eigenvalue weighted by molar-refractivity contribution is 9.10. The second-order valence-electron chi connectivity index (χ2n) is 4.53. The van der Waals surface area contributed by atoms with E-state index in [2.05, 4.69) is 45.4 Å². The Morgan fingerprint density at radius 2 is 2.15 bits per heavy atom. The molecule has 2 aromatic rings. The second-order valence-corrected chi connectivity index (χ2v) is 5.85. The summed E-state index contributed by atoms with van der Waals surface area (Å²) in [5, 5.41) is 12.6. The molecular weight excluding hydrogens is 340 g/mol. The summed E-state index contributed by atoms with van der Waals surface area (Å²) in [6.45, 7) is 4.23. The molecule has 1 aromatic heterocycles. The number of benzene rings is 1. The first-order chi connectivity index (χ1) is 9.62. The van der Waals surface area contributed by atoms with Gasteiger partial charge in [0.15, 0.2) is 0 Å². The van der Waals surface area contributed by atoms with E-state index in [0.717, 1.165) is 34.4 Å². The minimum absolute atomic E-state index is 0.213. The lowest BCUT2D eigenvalue weighted by Gasteiger charge is -2.13. The normalized spacial score (nSPS) is 12.7. The van der Waals surface area contributed by atoms with Gasteiger partial charge in [-0.05, 0) is 38.1 Å². The summed E-state index contributed by atoms with van der Waals surface area (Å²) in [6.07, 6.45) is 1.82. The SMILES string of the molecule is CCc1c(C(CC)NC)nnn1-c1cc(Br)ccc1Cl. The highest BCUT2D eigenvalue weighted by atomic mass is 79.9. The minimum atomic E-state index is 0.213. The van der Waals surface area contributed by atoms with Crippen LogP contribution >= 0.6 is 27.5 Å². The molecule has 0 amide bonds. The van der Waals surface area contributed by atoms with Gasteiger partial charge in [0.25, 0.3) is 0 Å². The van der Waals surface area contributed by atoms with E-state index in [-0.39, 0.29) is 6.04 Å². The molecule has 0 radical (unpaired) electrons. The summed E-state index contributed by atoms with van der Waals surface area (Å²) in [6, 6.07) is 5.94. The molecule has 0 spiro atoms. The number of halogens is 2. The maximum absolute atomic E-state index is 6.29. The standard InChI is InChI=1S/C14H18BrClN4/c1-4-11(17-3)14-12(5-2)20(19-18-14)13-8-9(15)6-7-10(13)16/h6-8,11,17H,4-5H2,1-3H3. The van der Waals surface area contributed by atoms with Crippen LogP contribution in [0.15, 0.2) is 22.7 Å². The lowest BCUT2D eigenvalue weighted by Crippen LogP contribution is -2.17. The third kappa shape index (κ3) is 2.90. The molecule has 0 bridgehead atoms. The van der Waals surface area contributed by atoms with Crippen molar-refractivity contribution in [2.24, 2.45) is 0 Å². The van der Waals surface area contributed by atoms with E-state index in [0.29, 0.717) is 5.02 Å². The maximum Gasteiger partial charge on any atom is 0.103 e. The lowest BCUT2D eigenvalue weighted by atomic mass is 10.1. The Hall–Kier alpha value is -0.910. The van der Waals surface area contributed by atoms with E-state index in [4.69, 9.17) is 11.6 Å². The monoisotopic (exact) mass is 356 g/mol. The van der Waals surface area contributed by atoms with Crippen LogP contribution in [0.4, 0.5) is 0 Å². The Kier molecular flexibility index (Phi) is 5.18. The fraction of sp³-hybridized carbons (Fsp3) is 0.429. The highest BCUT2D eigenvalue weighted by Crippen LogP contribution is 2.27. The van der Waals surface area contributed by atoms with Crippen LogP contribution < -0.4 is 5.32 Å². The third-order valence-corrected chi connectivity index (χ3v) is 4.16. The van der Waals surface area contributed by atoms with Crippen molar-refractivity contribution in [3.8, 4) is 5.69 Å². The number of hydrogen-bond donors (Lipinski definition) is 1. The van der Waals surface area contributed by atoms with Crippen molar-refractivity contribution in [2.45, 2.75) is 32.7 Å². The summed E-state index contributed by atoms with van der Waals surface area (Å²) in [4.78, 5) is 0. The van der Waals surface area contributed by atoms with Crippen LogP contribution in [-0.4, -0.2) is 22.0 Å². The summed E-state index contributed by atoms with van der Waals surface area (Å²) in [5.74, 6) is 0. The Labute approximate surface area is 132 Å². The summed E-state index contributed by atoms with van der Waals surface area (Å²) < 4.78 is 2.80. The van der Waals surface area contributed by atoms with E-state index >= 15 is 0 Å². The average molecular weight is 358 g/mol. The zero-order valence-electron chi connectivity index (χ0n) is 11.8. The highest BCUT2D eigenvalue weighted by Gasteiger charge is 2.20. The number of aromatic nitrogens is 3. The molecule has 4 nitrogen and oxygen atoms in total. The molecule has 0 saturated heterocycles. The van der Waals surface area contributed by atoms with Gasteiger partial charge < -0.3 is 5.32 Å². The largest absolute Gasteiger partial charge is 0.312 e. The van der Waals surface area contributed by atoms with Gasteiger partial charge in [-0.1, -0.05) is 46.6 Å². The number of rotatable bonds is 5. The Morgan fingerprint density at radius 1 is 1.40 bits per heavy atom. The van der Waals surface area contributed by atoms with Gasteiger partial charge >= 0.3 is 0 Å². The molecule has 0 saturated carbocycles. The first-order valence-corrected chi connectivity index (χ1v) is 7.86. The van der Waals surface area contributed by atoms with Crippen LogP contribution in [-0.2, 0) is 6.42 Å². The van der Waals surface area contributed by atoms with Crippen LogP contribution in [0.5, 0.6) is 0 Å². The molecule has 0 aliphatic heterocycles. The van der Waals surface area contributed by atoms with E-state index in [9.17, 15) is 0 Å². The molecule has 0 fully saturated rings. The Balaban J connectivity index is 2.55. The molecule has 20 heavy (non-hydrogen) atoms. The summed E-state index contributed by atoms with van der Waals surface area (Å²) in [7, 11) is 1.94. The Bertz CT molecular complexity index is 593. The first-order valence-electron chi connectivity index (χ1n) is 6.69. The molecule has 1 N–H and O–H groups in total. The molecule has 1 unspecified atom stereocenters. The molecule has 0 aliphatic rings. The zero-order valence-corrected chi connectivity index (χ0v) is 14.2. The van der Waals surface area contributed by atoms with Gasteiger partial charge in [-0.15, -0.1) is 5.10 Å². The van der Waals surface area contributed by atoms with Crippen molar-refractivity contribution >= 4 is 27.5 Å². The molecule has 0 aliphatic carbocycles. The maximum atomic E-state index is 6.29. The van der Waals surface area contributed by atoms with Gasteiger partial charge in [-0.3, -0.25) is 0 Å². The van der Waals surface area contributed by atoms with Gasteiger partial charge in [-0.25, -0.2) is 4.68 Å². The van der Waals surface area contributed by atoms with Crippen LogP contribution in [0.1, 0.15) is 37.7 Å². The fourth-order valence-corrected chi connectivity index (χ4v) is 2.84. The molecule has 6 heteroatoms. The number of nitrogens with one attached hydrogen (secondary N) is 1. The topological polar surface area (TPSA) is 42.7 Å². The van der Waals surface area contributed by atoms with E-state index < -0.39 is 0 Å². The van der Waals surface area contributed by atoms with E-state index in [1.807, 2.05) is 29.9 Å². The predicted octanol–water partition coefficient (Wildman–Crippen LogP) is 3.92. The van der Waals surface area contributed by atoms with Gasteiger partial charge in [-0.2, -0.15) is 0 Å². The van der Waals surface area contributed by atoms with Gasteiger partial charge in [0.1, 0.15) is 5.69 Å². The van der Waals surface area contributed by atoms with Gasteiger partial charge in [0.05, 0.1) is 22.4 Å².